The van der Waals surface area contributed by atoms with Gasteiger partial charge in [0.2, 0.25) is 11.8 Å². The summed E-state index contributed by atoms with van der Waals surface area (Å²) in [4.78, 5) is 26.6. The van der Waals surface area contributed by atoms with Crippen LogP contribution in [0.5, 0.6) is 5.88 Å². The first-order valence-corrected chi connectivity index (χ1v) is 10.2. The Balaban J connectivity index is 1.83. The summed E-state index contributed by atoms with van der Waals surface area (Å²) in [5.74, 6) is -0.0383. The lowest BCUT2D eigenvalue weighted by Gasteiger charge is -2.38. The number of alkyl halides is 1. The van der Waals surface area contributed by atoms with Gasteiger partial charge in [-0.1, -0.05) is 32.6 Å². The molecule has 0 aliphatic carbocycles. The molecule has 9 heteroatoms. The van der Waals surface area contributed by atoms with Crippen LogP contribution in [0.25, 0.3) is 5.69 Å². The highest BCUT2D eigenvalue weighted by atomic mass is 19.1. The molecule has 1 N–H and O–H groups in total. The van der Waals surface area contributed by atoms with E-state index in [4.69, 9.17) is 4.74 Å². The van der Waals surface area contributed by atoms with Gasteiger partial charge >= 0.3 is 6.09 Å². The minimum Gasteiger partial charge on any atom is -0.465 e. The van der Waals surface area contributed by atoms with Crippen molar-refractivity contribution in [2.75, 3.05) is 19.6 Å². The summed E-state index contributed by atoms with van der Waals surface area (Å²) in [6.45, 7) is 7.57. The zero-order chi connectivity index (χ0) is 22.3. The van der Waals surface area contributed by atoms with Crippen LogP contribution in [0, 0.1) is 0 Å². The van der Waals surface area contributed by atoms with Crippen molar-refractivity contribution in [3.05, 3.63) is 53.7 Å². The Kier molecular flexibility index (Phi) is 5.43. The highest BCUT2D eigenvalue weighted by molar-refractivity contribution is 5.87. The monoisotopic (exact) mass is 428 g/mol. The number of aromatic nitrogens is 2. The fraction of sp³-hybridized carbons (Fsp3) is 0.409. The van der Waals surface area contributed by atoms with Crippen LogP contribution < -0.4 is 4.74 Å². The molecule has 0 spiro atoms. The van der Waals surface area contributed by atoms with Crippen LogP contribution in [0.4, 0.5) is 9.18 Å². The van der Waals surface area contributed by atoms with Crippen LogP contribution in [-0.4, -0.2) is 62.7 Å². The van der Waals surface area contributed by atoms with Gasteiger partial charge in [0, 0.05) is 19.5 Å². The molecule has 8 nitrogen and oxygen atoms in total. The Morgan fingerprint density at radius 1 is 1.29 bits per heavy atom. The molecule has 0 fully saturated rings. The summed E-state index contributed by atoms with van der Waals surface area (Å²) in [7, 11) is 0. The van der Waals surface area contributed by atoms with Crippen molar-refractivity contribution >= 4 is 12.0 Å². The van der Waals surface area contributed by atoms with Crippen LogP contribution in [-0.2, 0) is 11.2 Å². The molecule has 31 heavy (non-hydrogen) atoms. The zero-order valence-corrected chi connectivity index (χ0v) is 17.5. The number of amides is 2. The van der Waals surface area contributed by atoms with Crippen molar-refractivity contribution in [3.8, 4) is 11.6 Å². The number of carbonyl (C=O) groups is 2. The molecular weight excluding hydrogens is 403 g/mol. The molecule has 0 saturated carbocycles. The second-order valence-corrected chi connectivity index (χ2v) is 8.04. The number of ether oxygens (including phenoxy) is 1. The molecule has 1 aromatic carbocycles. The Bertz CT molecular complexity index is 1020. The first-order valence-electron chi connectivity index (χ1n) is 10.2. The maximum Gasteiger partial charge on any atom is 0.407 e. The molecule has 2 aliphatic heterocycles. The number of halogens is 1. The van der Waals surface area contributed by atoms with Crippen LogP contribution >= 0.6 is 0 Å². The fourth-order valence-electron chi connectivity index (χ4n) is 4.20. The third-order valence-electron chi connectivity index (χ3n) is 5.82. The highest BCUT2D eigenvalue weighted by Gasteiger charge is 2.41. The fourth-order valence-corrected chi connectivity index (χ4v) is 4.20. The smallest absolute Gasteiger partial charge is 0.407 e. The Morgan fingerprint density at radius 2 is 2.00 bits per heavy atom. The van der Waals surface area contributed by atoms with Gasteiger partial charge in [0.1, 0.15) is 0 Å². The van der Waals surface area contributed by atoms with E-state index in [1.54, 1.807) is 4.68 Å². The number of hydrogen-bond acceptors (Lipinski definition) is 4. The molecule has 0 saturated heterocycles. The van der Waals surface area contributed by atoms with E-state index < -0.39 is 24.4 Å². The highest BCUT2D eigenvalue weighted by Crippen LogP contribution is 2.40. The van der Waals surface area contributed by atoms with Crippen LogP contribution in [0.1, 0.15) is 42.6 Å². The van der Waals surface area contributed by atoms with E-state index in [2.05, 4.69) is 25.5 Å². The molecule has 4 rings (SSSR count). The first-order chi connectivity index (χ1) is 14.8. The maximum atomic E-state index is 14.6. The third kappa shape index (κ3) is 3.75. The van der Waals surface area contributed by atoms with Gasteiger partial charge in [-0.15, -0.1) is 5.10 Å². The lowest BCUT2D eigenvalue weighted by molar-refractivity contribution is -0.130. The van der Waals surface area contributed by atoms with Crippen molar-refractivity contribution in [2.24, 2.45) is 0 Å². The molecule has 3 heterocycles. The molecule has 1 aromatic heterocycles. The van der Waals surface area contributed by atoms with Gasteiger partial charge in [0.05, 0.1) is 29.5 Å². The third-order valence-corrected chi connectivity index (χ3v) is 5.82. The second-order valence-electron chi connectivity index (χ2n) is 8.04. The lowest BCUT2D eigenvalue weighted by Crippen LogP contribution is -2.49. The average Bonchev–Trinajstić information content (AvgIpc) is 3.09. The van der Waals surface area contributed by atoms with E-state index in [1.165, 1.54) is 15.4 Å². The van der Waals surface area contributed by atoms with E-state index in [0.29, 0.717) is 17.9 Å². The van der Waals surface area contributed by atoms with Crippen molar-refractivity contribution in [1.82, 2.24) is 19.6 Å². The molecule has 0 radical (unpaired) electrons. The molecule has 2 atom stereocenters. The van der Waals surface area contributed by atoms with Gasteiger partial charge in [-0.25, -0.2) is 9.48 Å². The quantitative estimate of drug-likeness (QED) is 0.758. The van der Waals surface area contributed by atoms with Gasteiger partial charge < -0.3 is 14.7 Å². The zero-order valence-electron chi connectivity index (χ0n) is 17.5. The summed E-state index contributed by atoms with van der Waals surface area (Å²) in [5.41, 5.74) is 3.23. The molecule has 2 amide bonds. The van der Waals surface area contributed by atoms with E-state index >= 15 is 0 Å². The van der Waals surface area contributed by atoms with E-state index in [9.17, 15) is 19.1 Å². The Morgan fingerprint density at radius 3 is 2.61 bits per heavy atom. The maximum absolute atomic E-state index is 14.6. The predicted octanol–water partition coefficient (Wildman–Crippen LogP) is 3.28. The number of carbonyl (C=O) groups excluding carboxylic acids is 1. The van der Waals surface area contributed by atoms with E-state index in [-0.39, 0.29) is 25.5 Å². The van der Waals surface area contributed by atoms with Crippen LogP contribution in [0.2, 0.25) is 0 Å². The van der Waals surface area contributed by atoms with Gasteiger partial charge in [0.15, 0.2) is 0 Å². The number of nitrogens with zero attached hydrogens (tertiary/aromatic N) is 4. The molecule has 2 aromatic rings. The summed E-state index contributed by atoms with van der Waals surface area (Å²) >= 11 is 0. The Hall–Kier alpha value is -3.36. The van der Waals surface area contributed by atoms with Gasteiger partial charge in [-0.3, -0.25) is 9.69 Å². The second kappa shape index (κ2) is 8.05. The Labute approximate surface area is 179 Å². The lowest BCUT2D eigenvalue weighted by atomic mass is 9.97. The molecule has 164 valence electrons. The predicted molar refractivity (Wildman–Crippen MR) is 111 cm³/mol. The van der Waals surface area contributed by atoms with Crippen molar-refractivity contribution < 1.29 is 23.8 Å². The molecule has 2 aliphatic rings. The standard InChI is InChI=1S/C22H25FN4O4/c1-4-19(28)25-11-17-20-16(9-10-26(17)22(29)30)27(24-21(20)31-18(23)12-25)15-7-5-14(6-8-15)13(2)3/h4-8,13,17-18H,1,9-12H2,2-3H3,(H,29,30). The van der Waals surface area contributed by atoms with Crippen LogP contribution in [0.3, 0.4) is 0 Å². The molecular formula is C22H25FN4O4. The SMILES string of the molecule is C=CC(=O)N1CC(F)Oc2nn(-c3ccc(C(C)C)cc3)c3c2C(C1)N(C(=O)O)CC3. The number of hydrogen-bond donors (Lipinski definition) is 1. The topological polar surface area (TPSA) is 87.9 Å². The number of rotatable bonds is 3. The van der Waals surface area contributed by atoms with Crippen molar-refractivity contribution in [2.45, 2.75) is 38.6 Å². The summed E-state index contributed by atoms with van der Waals surface area (Å²) in [5, 5.41) is 14.2. The number of carboxylic acid groups (broad SMARTS) is 1. The normalized spacial score (nSPS) is 20.5. The van der Waals surface area contributed by atoms with E-state index in [1.807, 2.05) is 24.3 Å². The minimum absolute atomic E-state index is 0.00108. The van der Waals surface area contributed by atoms with Gasteiger partial charge in [-0.05, 0) is 29.7 Å². The van der Waals surface area contributed by atoms with E-state index in [0.717, 1.165) is 17.5 Å². The minimum atomic E-state index is -1.79. The largest absolute Gasteiger partial charge is 0.465 e. The van der Waals surface area contributed by atoms with Crippen molar-refractivity contribution in [3.63, 3.8) is 0 Å². The average molecular weight is 428 g/mol. The summed E-state index contributed by atoms with van der Waals surface area (Å²) in [6, 6.07) is 7.19. The van der Waals surface area contributed by atoms with Gasteiger partial charge in [-0.2, -0.15) is 4.39 Å². The summed E-state index contributed by atoms with van der Waals surface area (Å²) < 4.78 is 21.8. The van der Waals surface area contributed by atoms with Gasteiger partial charge in [0.25, 0.3) is 6.36 Å². The molecule has 0 bridgehead atoms. The van der Waals surface area contributed by atoms with Crippen molar-refractivity contribution in [1.29, 1.82) is 0 Å². The molecule has 2 unspecified atom stereocenters. The number of benzene rings is 1. The first kappa shape index (κ1) is 20.9. The van der Waals surface area contributed by atoms with Crippen LogP contribution in [0.15, 0.2) is 36.9 Å². The summed E-state index contributed by atoms with van der Waals surface area (Å²) in [6.07, 6.45) is -1.42.